The molecular weight excluding hydrogens is 222 g/mol. The number of hydrogen-bond acceptors (Lipinski definition) is 2. The van der Waals surface area contributed by atoms with Crippen molar-refractivity contribution in [3.8, 4) is 0 Å². The summed E-state index contributed by atoms with van der Waals surface area (Å²) in [5.41, 5.74) is 9.68. The molecule has 0 saturated heterocycles. The van der Waals surface area contributed by atoms with E-state index in [0.717, 1.165) is 13.1 Å². The summed E-state index contributed by atoms with van der Waals surface area (Å²) in [6.45, 7) is 9.08. The molecule has 1 aromatic carbocycles. The summed E-state index contributed by atoms with van der Waals surface area (Å²) in [5, 5.41) is 4.70. The predicted octanol–water partition coefficient (Wildman–Crippen LogP) is 2.79. The third-order valence-electron chi connectivity index (χ3n) is 3.35. The summed E-state index contributed by atoms with van der Waals surface area (Å²) in [6.07, 6.45) is 0. The molecule has 98 valence electrons. The highest BCUT2D eigenvalue weighted by Crippen LogP contribution is 2.26. The largest absolute Gasteiger partial charge is 0.341 e. The molecule has 0 aliphatic heterocycles. The maximum atomic E-state index is 5.83. The van der Waals surface area contributed by atoms with Gasteiger partial charge in [-0.05, 0) is 38.1 Å². The van der Waals surface area contributed by atoms with Gasteiger partial charge < -0.3 is 15.6 Å². The minimum Gasteiger partial charge on any atom is -0.341 e. The van der Waals surface area contributed by atoms with Crippen LogP contribution in [0.15, 0.2) is 24.3 Å². The van der Waals surface area contributed by atoms with E-state index in [9.17, 15) is 0 Å². The van der Waals surface area contributed by atoms with Crippen molar-refractivity contribution in [2.24, 2.45) is 5.73 Å². The van der Waals surface area contributed by atoms with Crippen LogP contribution in [0, 0.1) is 0 Å². The van der Waals surface area contributed by atoms with E-state index in [1.807, 2.05) is 0 Å². The normalized spacial score (nSPS) is 11.6. The molecule has 2 rings (SSSR count). The van der Waals surface area contributed by atoms with Crippen molar-refractivity contribution in [1.82, 2.24) is 9.88 Å². The van der Waals surface area contributed by atoms with Gasteiger partial charge in [0.05, 0.1) is 0 Å². The number of fused-ring (bicyclic) bond motifs is 1. The van der Waals surface area contributed by atoms with Gasteiger partial charge in [-0.2, -0.15) is 0 Å². The number of nitrogens with zero attached hydrogens (tertiary/aromatic N) is 1. The zero-order chi connectivity index (χ0) is 13.1. The third kappa shape index (κ3) is 2.28. The van der Waals surface area contributed by atoms with Gasteiger partial charge in [-0.3, -0.25) is 0 Å². The van der Waals surface area contributed by atoms with Crippen molar-refractivity contribution in [2.75, 3.05) is 6.54 Å². The summed E-state index contributed by atoms with van der Waals surface area (Å²) in [6, 6.07) is 9.14. The number of hydrogen-bond donors (Lipinski definition) is 2. The van der Waals surface area contributed by atoms with Crippen LogP contribution in [0.2, 0.25) is 0 Å². The fourth-order valence-corrected chi connectivity index (χ4v) is 2.54. The number of nitrogens with two attached hydrogens (primary N) is 1. The van der Waals surface area contributed by atoms with E-state index in [4.69, 9.17) is 5.73 Å². The summed E-state index contributed by atoms with van der Waals surface area (Å²) in [4.78, 5) is 0. The van der Waals surface area contributed by atoms with Crippen LogP contribution in [-0.2, 0) is 13.1 Å². The van der Waals surface area contributed by atoms with E-state index in [1.165, 1.54) is 22.2 Å². The second kappa shape index (κ2) is 5.55. The third-order valence-corrected chi connectivity index (χ3v) is 3.35. The molecule has 0 saturated carbocycles. The smallest absolute Gasteiger partial charge is 0.0488 e. The van der Waals surface area contributed by atoms with E-state index in [-0.39, 0.29) is 0 Å². The number of nitrogens with one attached hydrogen (secondary N) is 1. The molecule has 0 unspecified atom stereocenters. The van der Waals surface area contributed by atoms with Gasteiger partial charge in [-0.25, -0.2) is 0 Å². The van der Waals surface area contributed by atoms with Crippen LogP contribution in [0.5, 0.6) is 0 Å². The quantitative estimate of drug-likeness (QED) is 0.850. The Labute approximate surface area is 109 Å². The molecule has 0 bridgehead atoms. The maximum Gasteiger partial charge on any atom is 0.0488 e. The molecule has 1 heterocycles. The Hall–Kier alpha value is -1.32. The van der Waals surface area contributed by atoms with Crippen LogP contribution in [0.25, 0.3) is 10.9 Å². The minimum absolute atomic E-state index is 0.462. The molecule has 0 aliphatic rings. The summed E-state index contributed by atoms with van der Waals surface area (Å²) >= 11 is 0. The molecule has 3 N–H and O–H groups in total. The molecule has 0 fully saturated rings. The number of aromatic nitrogens is 1. The molecule has 3 nitrogen and oxygen atoms in total. The van der Waals surface area contributed by atoms with Gasteiger partial charge in [0.2, 0.25) is 0 Å². The first kappa shape index (κ1) is 13.1. The van der Waals surface area contributed by atoms with E-state index in [2.05, 4.69) is 54.9 Å². The Morgan fingerprint density at radius 2 is 2.11 bits per heavy atom. The van der Waals surface area contributed by atoms with E-state index < -0.39 is 0 Å². The van der Waals surface area contributed by atoms with Gasteiger partial charge in [0.1, 0.15) is 0 Å². The molecule has 3 heteroatoms. The van der Waals surface area contributed by atoms with Gasteiger partial charge in [-0.15, -0.1) is 0 Å². The minimum atomic E-state index is 0.462. The van der Waals surface area contributed by atoms with Crippen LogP contribution < -0.4 is 11.1 Å². The maximum absolute atomic E-state index is 5.83. The van der Waals surface area contributed by atoms with Gasteiger partial charge >= 0.3 is 0 Å². The average molecular weight is 245 g/mol. The first-order valence-electron chi connectivity index (χ1n) is 6.71. The topological polar surface area (TPSA) is 43.0 Å². The molecule has 0 spiro atoms. The second-order valence-electron chi connectivity index (χ2n) is 4.93. The SMILES string of the molecule is CCNCc1cc2c(CN)cccc2n1C(C)C. The molecule has 18 heavy (non-hydrogen) atoms. The Kier molecular flexibility index (Phi) is 4.04. The highest BCUT2D eigenvalue weighted by Gasteiger charge is 2.12. The fraction of sp³-hybridized carbons (Fsp3) is 0.467. The predicted molar refractivity (Wildman–Crippen MR) is 77.6 cm³/mol. The van der Waals surface area contributed by atoms with Gasteiger partial charge in [0, 0.05) is 35.7 Å². The standard InChI is InChI=1S/C15H23N3/c1-4-17-10-13-8-14-12(9-16)6-5-7-15(14)18(13)11(2)3/h5-8,11,17H,4,9-10,16H2,1-3H3. The van der Waals surface area contributed by atoms with Crippen molar-refractivity contribution in [2.45, 2.75) is 39.9 Å². The van der Waals surface area contributed by atoms with Crippen molar-refractivity contribution in [3.63, 3.8) is 0 Å². The fourth-order valence-electron chi connectivity index (χ4n) is 2.54. The zero-order valence-corrected chi connectivity index (χ0v) is 11.5. The summed E-state index contributed by atoms with van der Waals surface area (Å²) in [7, 11) is 0. The van der Waals surface area contributed by atoms with Crippen molar-refractivity contribution in [3.05, 3.63) is 35.5 Å². The van der Waals surface area contributed by atoms with E-state index in [0.29, 0.717) is 12.6 Å². The molecular formula is C15H23N3. The van der Waals surface area contributed by atoms with Crippen LogP contribution in [-0.4, -0.2) is 11.1 Å². The zero-order valence-electron chi connectivity index (χ0n) is 11.5. The van der Waals surface area contributed by atoms with Gasteiger partial charge in [0.25, 0.3) is 0 Å². The second-order valence-corrected chi connectivity index (χ2v) is 4.93. The summed E-state index contributed by atoms with van der Waals surface area (Å²) < 4.78 is 2.40. The molecule has 0 radical (unpaired) electrons. The van der Waals surface area contributed by atoms with Crippen LogP contribution in [0.1, 0.15) is 38.1 Å². The van der Waals surface area contributed by atoms with Crippen LogP contribution in [0.3, 0.4) is 0 Å². The molecule has 0 amide bonds. The Morgan fingerprint density at radius 1 is 1.33 bits per heavy atom. The lowest BCUT2D eigenvalue weighted by molar-refractivity contribution is 0.572. The number of rotatable bonds is 5. The first-order valence-corrected chi connectivity index (χ1v) is 6.71. The van der Waals surface area contributed by atoms with Crippen molar-refractivity contribution >= 4 is 10.9 Å². The van der Waals surface area contributed by atoms with E-state index in [1.54, 1.807) is 0 Å². The Bertz CT molecular complexity index is 526. The lowest BCUT2D eigenvalue weighted by Crippen LogP contribution is -2.16. The Balaban J connectivity index is 2.59. The highest BCUT2D eigenvalue weighted by atomic mass is 15.0. The van der Waals surface area contributed by atoms with Crippen LogP contribution >= 0.6 is 0 Å². The van der Waals surface area contributed by atoms with Gasteiger partial charge in [0.15, 0.2) is 0 Å². The van der Waals surface area contributed by atoms with Crippen LogP contribution in [0.4, 0.5) is 0 Å². The van der Waals surface area contributed by atoms with Crippen molar-refractivity contribution in [1.29, 1.82) is 0 Å². The monoisotopic (exact) mass is 245 g/mol. The highest BCUT2D eigenvalue weighted by molar-refractivity contribution is 5.85. The number of benzene rings is 1. The molecule has 0 aliphatic carbocycles. The van der Waals surface area contributed by atoms with Crippen molar-refractivity contribution < 1.29 is 0 Å². The molecule has 2 aromatic rings. The van der Waals surface area contributed by atoms with Gasteiger partial charge in [-0.1, -0.05) is 19.1 Å². The first-order chi connectivity index (χ1) is 8.69. The lowest BCUT2D eigenvalue weighted by atomic mass is 10.1. The Morgan fingerprint density at radius 3 is 2.72 bits per heavy atom. The lowest BCUT2D eigenvalue weighted by Gasteiger charge is -2.15. The van der Waals surface area contributed by atoms with E-state index >= 15 is 0 Å². The molecule has 0 atom stereocenters. The average Bonchev–Trinajstić information content (AvgIpc) is 2.74. The molecule has 1 aromatic heterocycles. The summed E-state index contributed by atoms with van der Waals surface area (Å²) in [5.74, 6) is 0.